The molecular formula is C12H17FN2O4S. The Labute approximate surface area is 117 Å². The van der Waals surface area contributed by atoms with Crippen molar-refractivity contribution in [2.75, 3.05) is 12.8 Å². The van der Waals surface area contributed by atoms with Gasteiger partial charge in [-0.2, -0.15) is 0 Å². The van der Waals surface area contributed by atoms with E-state index in [4.69, 9.17) is 0 Å². The smallest absolute Gasteiger partial charge is 0.272 e. The Bertz CT molecular complexity index is 614. The van der Waals surface area contributed by atoms with Gasteiger partial charge in [0.2, 0.25) is 0 Å². The van der Waals surface area contributed by atoms with Crippen molar-refractivity contribution in [2.24, 2.45) is 0 Å². The summed E-state index contributed by atoms with van der Waals surface area (Å²) in [5.41, 5.74) is 0.0603. The fraction of sp³-hybridized carbons (Fsp3) is 0.500. The van der Waals surface area contributed by atoms with Gasteiger partial charge in [0.25, 0.3) is 5.69 Å². The van der Waals surface area contributed by atoms with Gasteiger partial charge in [0.1, 0.15) is 5.82 Å². The quantitative estimate of drug-likeness (QED) is 0.637. The van der Waals surface area contributed by atoms with E-state index in [1.807, 2.05) is 0 Å². The van der Waals surface area contributed by atoms with Crippen LogP contribution in [-0.2, 0) is 16.4 Å². The maximum absolute atomic E-state index is 13.2. The van der Waals surface area contributed by atoms with E-state index in [2.05, 4.69) is 5.32 Å². The monoisotopic (exact) mass is 304 g/mol. The van der Waals surface area contributed by atoms with Gasteiger partial charge in [-0.05, 0) is 25.5 Å². The Morgan fingerprint density at radius 1 is 1.35 bits per heavy atom. The van der Waals surface area contributed by atoms with Gasteiger partial charge in [-0.3, -0.25) is 10.1 Å². The van der Waals surface area contributed by atoms with Crippen molar-refractivity contribution in [3.05, 3.63) is 39.7 Å². The first-order chi connectivity index (χ1) is 9.03. The lowest BCUT2D eigenvalue weighted by Gasteiger charge is -2.22. The topological polar surface area (TPSA) is 89.3 Å². The highest BCUT2D eigenvalue weighted by Gasteiger charge is 2.29. The van der Waals surface area contributed by atoms with Gasteiger partial charge in [0.05, 0.1) is 15.7 Å². The van der Waals surface area contributed by atoms with Crippen molar-refractivity contribution in [1.82, 2.24) is 5.32 Å². The minimum Gasteiger partial charge on any atom is -0.311 e. The summed E-state index contributed by atoms with van der Waals surface area (Å²) in [6, 6.07) is 3.26. The predicted molar refractivity (Wildman–Crippen MR) is 73.7 cm³/mol. The zero-order valence-electron chi connectivity index (χ0n) is 11.5. The van der Waals surface area contributed by atoms with Crippen molar-refractivity contribution >= 4 is 15.5 Å². The van der Waals surface area contributed by atoms with Crippen LogP contribution in [0.4, 0.5) is 10.1 Å². The number of benzene rings is 1. The highest BCUT2D eigenvalue weighted by Crippen LogP contribution is 2.17. The summed E-state index contributed by atoms with van der Waals surface area (Å²) in [6.45, 7) is 3.46. The third kappa shape index (κ3) is 4.24. The highest BCUT2D eigenvalue weighted by atomic mass is 32.2. The number of hydrogen-bond donors (Lipinski definition) is 1. The van der Waals surface area contributed by atoms with Gasteiger partial charge in [-0.25, -0.2) is 12.8 Å². The Hall–Kier alpha value is -1.54. The Kier molecular flexibility index (Phi) is 4.82. The first-order valence-electron chi connectivity index (χ1n) is 5.87. The second-order valence-corrected chi connectivity index (χ2v) is 7.86. The molecule has 0 heterocycles. The third-order valence-electron chi connectivity index (χ3n) is 3.04. The number of rotatable bonds is 6. The zero-order chi connectivity index (χ0) is 15.6. The summed E-state index contributed by atoms with van der Waals surface area (Å²) >= 11 is 0. The average Bonchev–Trinajstić information content (AvgIpc) is 2.26. The number of nitrogens with zero attached hydrogens (tertiary/aromatic N) is 1. The van der Waals surface area contributed by atoms with E-state index in [-0.39, 0.29) is 18.8 Å². The molecule has 0 saturated carbocycles. The molecule has 0 unspecified atom stereocenters. The summed E-state index contributed by atoms with van der Waals surface area (Å²) in [5.74, 6) is -0.696. The number of non-ortho nitro benzene ring substituents is 1. The number of halogens is 1. The van der Waals surface area contributed by atoms with E-state index in [0.29, 0.717) is 5.56 Å². The molecule has 1 N–H and O–H groups in total. The number of sulfone groups is 1. The van der Waals surface area contributed by atoms with Crippen molar-refractivity contribution < 1.29 is 17.7 Å². The highest BCUT2D eigenvalue weighted by molar-refractivity contribution is 7.92. The van der Waals surface area contributed by atoms with Gasteiger partial charge in [-0.1, -0.05) is 0 Å². The molecule has 1 aromatic rings. The van der Waals surface area contributed by atoms with Crippen LogP contribution < -0.4 is 5.32 Å². The molecule has 0 fully saturated rings. The van der Waals surface area contributed by atoms with Crippen LogP contribution >= 0.6 is 0 Å². The fourth-order valence-electron chi connectivity index (χ4n) is 1.48. The summed E-state index contributed by atoms with van der Waals surface area (Å²) in [4.78, 5) is 9.94. The Morgan fingerprint density at radius 2 is 1.95 bits per heavy atom. The normalized spacial score (nSPS) is 12.4. The van der Waals surface area contributed by atoms with E-state index in [1.54, 1.807) is 13.8 Å². The molecular weight excluding hydrogens is 287 g/mol. The van der Waals surface area contributed by atoms with Gasteiger partial charge < -0.3 is 5.32 Å². The first kappa shape index (κ1) is 16.5. The van der Waals surface area contributed by atoms with Gasteiger partial charge in [0, 0.05) is 25.4 Å². The molecule has 0 amide bonds. The summed E-state index contributed by atoms with van der Waals surface area (Å²) < 4.78 is 35.3. The lowest BCUT2D eigenvalue weighted by molar-refractivity contribution is -0.385. The van der Waals surface area contributed by atoms with Crippen molar-refractivity contribution in [2.45, 2.75) is 25.1 Å². The van der Waals surface area contributed by atoms with E-state index in [0.717, 1.165) is 12.3 Å². The SMILES string of the molecule is CC(C)(CNCc1cc(F)cc([N+](=O)[O-])c1)S(C)(=O)=O. The van der Waals surface area contributed by atoms with Crippen LogP contribution in [0.3, 0.4) is 0 Å². The van der Waals surface area contributed by atoms with Gasteiger partial charge in [0.15, 0.2) is 9.84 Å². The van der Waals surface area contributed by atoms with Crippen molar-refractivity contribution in [1.29, 1.82) is 0 Å². The maximum Gasteiger partial charge on any atom is 0.272 e. The van der Waals surface area contributed by atoms with Crippen LogP contribution in [0.25, 0.3) is 0 Å². The Morgan fingerprint density at radius 3 is 2.45 bits per heavy atom. The number of nitrogens with one attached hydrogen (secondary N) is 1. The fourth-order valence-corrected chi connectivity index (χ4v) is 1.84. The lowest BCUT2D eigenvalue weighted by Crippen LogP contribution is -2.41. The van der Waals surface area contributed by atoms with Gasteiger partial charge >= 0.3 is 0 Å². The van der Waals surface area contributed by atoms with E-state index in [9.17, 15) is 22.9 Å². The van der Waals surface area contributed by atoms with E-state index in [1.165, 1.54) is 12.1 Å². The minimum atomic E-state index is -3.23. The van der Waals surface area contributed by atoms with Crippen LogP contribution in [0.2, 0.25) is 0 Å². The van der Waals surface area contributed by atoms with Gasteiger partial charge in [-0.15, -0.1) is 0 Å². The van der Waals surface area contributed by atoms with Crippen LogP contribution in [0, 0.1) is 15.9 Å². The molecule has 20 heavy (non-hydrogen) atoms. The molecule has 1 rings (SSSR count). The van der Waals surface area contributed by atoms with Crippen LogP contribution in [0.1, 0.15) is 19.4 Å². The van der Waals surface area contributed by atoms with Crippen molar-refractivity contribution in [3.8, 4) is 0 Å². The molecule has 0 radical (unpaired) electrons. The van der Waals surface area contributed by atoms with Crippen LogP contribution in [0.5, 0.6) is 0 Å². The maximum atomic E-state index is 13.2. The second-order valence-electron chi connectivity index (χ2n) is 5.21. The van der Waals surface area contributed by atoms with Crippen LogP contribution in [-0.4, -0.2) is 30.9 Å². The minimum absolute atomic E-state index is 0.150. The zero-order valence-corrected chi connectivity index (χ0v) is 12.3. The van der Waals surface area contributed by atoms with Crippen LogP contribution in [0.15, 0.2) is 18.2 Å². The molecule has 0 aliphatic rings. The van der Waals surface area contributed by atoms with Crippen molar-refractivity contribution in [3.63, 3.8) is 0 Å². The molecule has 0 aliphatic heterocycles. The summed E-state index contributed by atoms with van der Waals surface area (Å²) in [5, 5.41) is 13.5. The molecule has 0 aromatic heterocycles. The van der Waals surface area contributed by atoms with E-state index < -0.39 is 25.3 Å². The second kappa shape index (κ2) is 5.84. The Balaban J connectivity index is 2.74. The predicted octanol–water partition coefficient (Wildman–Crippen LogP) is 1.65. The molecule has 6 nitrogen and oxygen atoms in total. The number of nitro benzene ring substituents is 1. The largest absolute Gasteiger partial charge is 0.311 e. The first-order valence-corrected chi connectivity index (χ1v) is 7.76. The molecule has 0 saturated heterocycles. The standard InChI is InChI=1S/C12H17FN2O4S/c1-12(2,20(3,18)19)8-14-7-9-4-10(13)6-11(5-9)15(16)17/h4-6,14H,7-8H2,1-3H3. The molecule has 112 valence electrons. The molecule has 1 aromatic carbocycles. The molecule has 0 atom stereocenters. The third-order valence-corrected chi connectivity index (χ3v) is 5.19. The number of hydrogen-bond acceptors (Lipinski definition) is 5. The summed E-state index contributed by atoms with van der Waals surface area (Å²) in [7, 11) is -3.23. The lowest BCUT2D eigenvalue weighted by atomic mass is 10.1. The molecule has 0 spiro atoms. The molecule has 0 aliphatic carbocycles. The number of nitro groups is 1. The molecule has 0 bridgehead atoms. The molecule has 8 heteroatoms. The summed E-state index contributed by atoms with van der Waals surface area (Å²) in [6.07, 6.45) is 1.14. The van der Waals surface area contributed by atoms with E-state index >= 15 is 0 Å². The average molecular weight is 304 g/mol.